The molecule has 0 radical (unpaired) electrons. The third kappa shape index (κ3) is 3.60. The lowest BCUT2D eigenvalue weighted by atomic mass is 9.91. The van der Waals surface area contributed by atoms with Crippen molar-refractivity contribution in [1.29, 1.82) is 0 Å². The lowest BCUT2D eigenvalue weighted by molar-refractivity contribution is -0.00471. The summed E-state index contributed by atoms with van der Waals surface area (Å²) in [6.45, 7) is 5.60. The number of rotatable bonds is 1. The maximum atomic E-state index is 11.8. The van der Waals surface area contributed by atoms with Gasteiger partial charge in [0.25, 0.3) is 0 Å². The first-order valence-electron chi connectivity index (χ1n) is 6.65. The predicted molar refractivity (Wildman–Crippen MR) is 75.2 cm³/mol. The number of carbonyl (C=O) groups is 1. The van der Waals surface area contributed by atoms with Crippen molar-refractivity contribution < 1.29 is 14.6 Å². The summed E-state index contributed by atoms with van der Waals surface area (Å²) in [6, 6.07) is 1.80. The summed E-state index contributed by atoms with van der Waals surface area (Å²) < 4.78 is 5.30. The van der Waals surface area contributed by atoms with Crippen molar-refractivity contribution in [3.63, 3.8) is 0 Å². The molecule has 1 aromatic heterocycles. The molecular formula is C14H21N3O3. The number of hydrogen-bond donors (Lipinski definition) is 3. The van der Waals surface area contributed by atoms with E-state index in [9.17, 15) is 9.90 Å². The van der Waals surface area contributed by atoms with Crippen molar-refractivity contribution >= 4 is 11.8 Å². The van der Waals surface area contributed by atoms with E-state index in [0.717, 1.165) is 11.3 Å². The van der Waals surface area contributed by atoms with Crippen LogP contribution < -0.4 is 11.1 Å². The Kier molecular flexibility index (Phi) is 3.85. The molecule has 1 aliphatic carbocycles. The molecule has 2 rings (SSSR count). The minimum Gasteiger partial charge on any atom is -0.443 e. The van der Waals surface area contributed by atoms with Crippen LogP contribution in [0, 0.1) is 0 Å². The average Bonchev–Trinajstić information content (AvgIpc) is 2.28. The minimum atomic E-state index is -0.739. The van der Waals surface area contributed by atoms with Crippen molar-refractivity contribution in [3.8, 4) is 0 Å². The second-order valence-corrected chi connectivity index (χ2v) is 6.17. The summed E-state index contributed by atoms with van der Waals surface area (Å²) >= 11 is 0. The molecule has 0 aliphatic heterocycles. The number of aliphatic hydroxyl groups excluding tert-OH is 1. The van der Waals surface area contributed by atoms with Gasteiger partial charge in [-0.2, -0.15) is 0 Å². The second-order valence-electron chi connectivity index (χ2n) is 6.17. The van der Waals surface area contributed by atoms with E-state index in [2.05, 4.69) is 10.3 Å². The van der Waals surface area contributed by atoms with E-state index in [1.807, 2.05) is 20.8 Å². The maximum Gasteiger partial charge on any atom is 0.407 e. The molecule has 1 aromatic rings. The molecule has 6 nitrogen and oxygen atoms in total. The summed E-state index contributed by atoms with van der Waals surface area (Å²) in [5.41, 5.74) is 7.60. The predicted octanol–water partition coefficient (Wildman–Crippen LogP) is 1.02. The number of pyridine rings is 1. The zero-order valence-electron chi connectivity index (χ0n) is 12.0. The smallest absolute Gasteiger partial charge is 0.407 e. The Morgan fingerprint density at radius 3 is 2.85 bits per heavy atom. The standard InChI is InChI=1S/C14H21N3O3/c1-14(2,3)17-13(19)20-12-6-10-8(5-11(12)18)4-9(15)7-16-10/h4,7,11-12,18H,5-6,15H2,1-3H3,(H,17,19)/t11-,12-/m0/s1. The summed E-state index contributed by atoms with van der Waals surface area (Å²) in [7, 11) is 0. The van der Waals surface area contributed by atoms with Gasteiger partial charge in [0.2, 0.25) is 0 Å². The van der Waals surface area contributed by atoms with Gasteiger partial charge >= 0.3 is 6.09 Å². The molecule has 20 heavy (non-hydrogen) atoms. The normalized spacial score (nSPS) is 22.0. The highest BCUT2D eigenvalue weighted by atomic mass is 16.6. The molecule has 110 valence electrons. The minimum absolute atomic E-state index is 0.374. The van der Waals surface area contributed by atoms with Gasteiger partial charge in [-0.15, -0.1) is 0 Å². The van der Waals surface area contributed by atoms with Gasteiger partial charge < -0.3 is 20.9 Å². The van der Waals surface area contributed by atoms with Crippen molar-refractivity contribution in [3.05, 3.63) is 23.5 Å². The van der Waals surface area contributed by atoms with Gasteiger partial charge in [0.15, 0.2) is 0 Å². The van der Waals surface area contributed by atoms with E-state index in [1.165, 1.54) is 0 Å². The number of aromatic nitrogens is 1. The fourth-order valence-electron chi connectivity index (χ4n) is 2.19. The molecule has 1 amide bonds. The molecule has 0 unspecified atom stereocenters. The number of nitrogens with one attached hydrogen (secondary N) is 1. The number of nitrogens with zero attached hydrogens (tertiary/aromatic N) is 1. The van der Waals surface area contributed by atoms with Crippen LogP contribution in [0.15, 0.2) is 12.3 Å². The summed E-state index contributed by atoms with van der Waals surface area (Å²) in [5, 5.41) is 12.8. The largest absolute Gasteiger partial charge is 0.443 e. The molecule has 0 bridgehead atoms. The Bertz CT molecular complexity index is 511. The van der Waals surface area contributed by atoms with E-state index >= 15 is 0 Å². The van der Waals surface area contributed by atoms with Crippen molar-refractivity contribution in [2.75, 3.05) is 5.73 Å². The Labute approximate surface area is 118 Å². The maximum absolute atomic E-state index is 11.8. The van der Waals surface area contributed by atoms with E-state index in [1.54, 1.807) is 12.3 Å². The molecule has 0 fully saturated rings. The first-order valence-corrected chi connectivity index (χ1v) is 6.65. The van der Waals surface area contributed by atoms with Crippen LogP contribution in [0.4, 0.5) is 10.5 Å². The summed E-state index contributed by atoms with van der Waals surface area (Å²) in [4.78, 5) is 16.0. The van der Waals surface area contributed by atoms with Crippen molar-refractivity contribution in [2.24, 2.45) is 0 Å². The zero-order valence-corrected chi connectivity index (χ0v) is 12.0. The Morgan fingerprint density at radius 2 is 2.20 bits per heavy atom. The number of aliphatic hydroxyl groups is 1. The molecule has 0 saturated carbocycles. The van der Waals surface area contributed by atoms with E-state index in [4.69, 9.17) is 10.5 Å². The number of alkyl carbamates (subject to hydrolysis) is 1. The van der Waals surface area contributed by atoms with E-state index in [-0.39, 0.29) is 5.54 Å². The molecular weight excluding hydrogens is 258 g/mol. The van der Waals surface area contributed by atoms with Gasteiger partial charge in [0, 0.05) is 24.1 Å². The molecule has 1 heterocycles. The van der Waals surface area contributed by atoms with Crippen molar-refractivity contribution in [2.45, 2.75) is 51.4 Å². The van der Waals surface area contributed by atoms with Crippen LogP contribution >= 0.6 is 0 Å². The van der Waals surface area contributed by atoms with Crippen LogP contribution in [0.25, 0.3) is 0 Å². The van der Waals surface area contributed by atoms with Crippen LogP contribution in [-0.2, 0) is 17.6 Å². The van der Waals surface area contributed by atoms with E-state index < -0.39 is 18.3 Å². The second kappa shape index (κ2) is 5.28. The van der Waals surface area contributed by atoms with Crippen LogP contribution in [0.2, 0.25) is 0 Å². The van der Waals surface area contributed by atoms with Gasteiger partial charge in [-0.05, 0) is 32.4 Å². The van der Waals surface area contributed by atoms with Gasteiger partial charge in [-0.1, -0.05) is 0 Å². The molecule has 1 aliphatic rings. The van der Waals surface area contributed by atoms with Gasteiger partial charge in [0.1, 0.15) is 6.10 Å². The molecule has 0 spiro atoms. The highest BCUT2D eigenvalue weighted by Crippen LogP contribution is 2.23. The highest BCUT2D eigenvalue weighted by Gasteiger charge is 2.31. The lowest BCUT2D eigenvalue weighted by Crippen LogP contribution is -2.46. The monoisotopic (exact) mass is 279 g/mol. The number of amides is 1. The summed E-state index contributed by atoms with van der Waals surface area (Å²) in [6.07, 6.45) is 0.510. The van der Waals surface area contributed by atoms with Crippen molar-refractivity contribution in [1.82, 2.24) is 10.3 Å². The average molecular weight is 279 g/mol. The Morgan fingerprint density at radius 1 is 1.50 bits per heavy atom. The molecule has 6 heteroatoms. The Balaban J connectivity index is 2.04. The van der Waals surface area contributed by atoms with Crippen LogP contribution in [0.1, 0.15) is 32.0 Å². The number of anilines is 1. The molecule has 0 saturated heterocycles. The van der Waals surface area contributed by atoms with Gasteiger partial charge in [-0.25, -0.2) is 4.79 Å². The van der Waals surface area contributed by atoms with E-state index in [0.29, 0.717) is 18.5 Å². The van der Waals surface area contributed by atoms with Crippen LogP contribution in [0.3, 0.4) is 0 Å². The number of carbonyl (C=O) groups excluding carboxylic acids is 1. The number of fused-ring (bicyclic) bond motifs is 1. The fraction of sp³-hybridized carbons (Fsp3) is 0.571. The zero-order chi connectivity index (χ0) is 14.9. The summed E-state index contributed by atoms with van der Waals surface area (Å²) in [5.74, 6) is 0. The first kappa shape index (κ1) is 14.6. The fourth-order valence-corrected chi connectivity index (χ4v) is 2.19. The molecule has 4 N–H and O–H groups in total. The number of hydrogen-bond acceptors (Lipinski definition) is 5. The van der Waals surface area contributed by atoms with Crippen LogP contribution in [0.5, 0.6) is 0 Å². The third-order valence-electron chi connectivity index (χ3n) is 3.07. The topological polar surface area (TPSA) is 97.5 Å². The Hall–Kier alpha value is -1.82. The van der Waals surface area contributed by atoms with Crippen LogP contribution in [-0.4, -0.2) is 33.9 Å². The number of ether oxygens (including phenoxy) is 1. The first-order chi connectivity index (χ1) is 9.24. The van der Waals surface area contributed by atoms with Gasteiger partial charge in [-0.3, -0.25) is 4.98 Å². The molecule has 2 atom stereocenters. The highest BCUT2D eigenvalue weighted by molar-refractivity contribution is 5.68. The van der Waals surface area contributed by atoms with Gasteiger partial charge in [0.05, 0.1) is 18.0 Å². The SMILES string of the molecule is CC(C)(C)NC(=O)O[C@H]1Cc2ncc(N)cc2C[C@@H]1O. The quantitative estimate of drug-likeness (QED) is 0.713. The number of nitrogens with two attached hydrogens (primary N) is 1. The third-order valence-corrected chi connectivity index (χ3v) is 3.07. The molecule has 0 aromatic carbocycles. The number of nitrogen functional groups attached to an aromatic ring is 1. The lowest BCUT2D eigenvalue weighted by Gasteiger charge is -2.30.